The van der Waals surface area contributed by atoms with Crippen LogP contribution in [0.1, 0.15) is 37.7 Å². The molecule has 0 heterocycles. The van der Waals surface area contributed by atoms with Crippen LogP contribution in [0.4, 0.5) is 11.4 Å². The zero-order valence-corrected chi connectivity index (χ0v) is 11.1. The third-order valence-corrected chi connectivity index (χ3v) is 3.73. The second kappa shape index (κ2) is 5.88. The van der Waals surface area contributed by atoms with Gasteiger partial charge in [0.25, 0.3) is 5.69 Å². The molecular weight excluding hydrogens is 258 g/mol. The van der Waals surface area contributed by atoms with Gasteiger partial charge in [-0.1, -0.05) is 19.3 Å². The molecule has 1 fully saturated rings. The molecule has 1 aromatic rings. The highest BCUT2D eigenvalue weighted by molar-refractivity contribution is 5.61. The monoisotopic (exact) mass is 275 g/mol. The van der Waals surface area contributed by atoms with E-state index < -0.39 is 10.5 Å². The minimum Gasteiger partial charge on any atom is -0.388 e. The second-order valence-electron chi connectivity index (χ2n) is 5.24. The minimum absolute atomic E-state index is 0.108. The molecule has 0 unspecified atom stereocenters. The summed E-state index contributed by atoms with van der Waals surface area (Å²) in [6.07, 6.45) is 4.64. The summed E-state index contributed by atoms with van der Waals surface area (Å²) < 4.78 is 0. The number of rotatable bonds is 4. The summed E-state index contributed by atoms with van der Waals surface area (Å²) in [5, 5.41) is 33.2. The van der Waals surface area contributed by atoms with Crippen LogP contribution in [0.5, 0.6) is 0 Å². The topological polar surface area (TPSA) is 99.2 Å². The smallest absolute Gasteiger partial charge is 0.270 e. The maximum Gasteiger partial charge on any atom is 0.270 e. The summed E-state index contributed by atoms with van der Waals surface area (Å²) in [7, 11) is 0. The molecule has 2 N–H and O–H groups in total. The molecule has 0 bridgehead atoms. The van der Waals surface area contributed by atoms with Gasteiger partial charge in [-0.05, 0) is 18.9 Å². The van der Waals surface area contributed by atoms with Crippen LogP contribution in [0, 0.1) is 21.4 Å². The maximum absolute atomic E-state index is 10.7. The van der Waals surface area contributed by atoms with Gasteiger partial charge in [-0.25, -0.2) is 0 Å². The Balaban J connectivity index is 2.09. The number of nitriles is 1. The molecule has 2 rings (SSSR count). The van der Waals surface area contributed by atoms with E-state index in [1.54, 1.807) is 0 Å². The second-order valence-corrected chi connectivity index (χ2v) is 5.24. The van der Waals surface area contributed by atoms with Crippen molar-refractivity contribution in [2.24, 2.45) is 0 Å². The Morgan fingerprint density at radius 1 is 1.40 bits per heavy atom. The first-order valence-electron chi connectivity index (χ1n) is 6.69. The standard InChI is InChI=1S/C14H17N3O3/c15-9-11-8-12(17(19)20)4-5-13(11)16-10-14(18)6-2-1-3-7-14/h4-5,8,16,18H,1-3,6-7,10H2. The predicted octanol–water partition coefficient (Wildman–Crippen LogP) is 2.57. The minimum atomic E-state index is -0.743. The number of non-ortho nitro benzene ring substituents is 1. The highest BCUT2D eigenvalue weighted by Crippen LogP contribution is 2.29. The van der Waals surface area contributed by atoms with Crippen molar-refractivity contribution in [3.63, 3.8) is 0 Å². The summed E-state index contributed by atoms with van der Waals surface area (Å²) in [5.41, 5.74) is -0.105. The van der Waals surface area contributed by atoms with E-state index >= 15 is 0 Å². The van der Waals surface area contributed by atoms with E-state index in [1.807, 2.05) is 6.07 Å². The fraction of sp³-hybridized carbons (Fsp3) is 0.500. The van der Waals surface area contributed by atoms with Gasteiger partial charge >= 0.3 is 0 Å². The lowest BCUT2D eigenvalue weighted by atomic mass is 9.85. The molecule has 0 saturated heterocycles. The van der Waals surface area contributed by atoms with Gasteiger partial charge in [0, 0.05) is 18.7 Å². The SMILES string of the molecule is N#Cc1cc([N+](=O)[O-])ccc1NCC1(O)CCCCC1. The number of anilines is 1. The molecule has 0 spiro atoms. The third-order valence-electron chi connectivity index (χ3n) is 3.73. The number of hydrogen-bond donors (Lipinski definition) is 2. The molecule has 0 aromatic heterocycles. The Hall–Kier alpha value is -2.13. The van der Waals surface area contributed by atoms with Crippen LogP contribution in [-0.4, -0.2) is 22.2 Å². The average molecular weight is 275 g/mol. The Morgan fingerprint density at radius 2 is 2.10 bits per heavy atom. The summed E-state index contributed by atoms with van der Waals surface area (Å²) in [6, 6.07) is 6.06. The van der Waals surface area contributed by atoms with Crippen LogP contribution in [0.15, 0.2) is 18.2 Å². The molecule has 1 aromatic carbocycles. The van der Waals surface area contributed by atoms with Crippen molar-refractivity contribution in [2.45, 2.75) is 37.7 Å². The number of hydrogen-bond acceptors (Lipinski definition) is 5. The van der Waals surface area contributed by atoms with E-state index in [0.717, 1.165) is 32.1 Å². The lowest BCUT2D eigenvalue weighted by molar-refractivity contribution is -0.384. The molecule has 1 aliphatic rings. The molecule has 6 nitrogen and oxygen atoms in total. The van der Waals surface area contributed by atoms with Crippen molar-refractivity contribution < 1.29 is 10.0 Å². The summed E-state index contributed by atoms with van der Waals surface area (Å²) in [4.78, 5) is 10.1. The fourth-order valence-corrected chi connectivity index (χ4v) is 2.54. The summed E-state index contributed by atoms with van der Waals surface area (Å²) >= 11 is 0. The first kappa shape index (κ1) is 14.3. The maximum atomic E-state index is 10.7. The largest absolute Gasteiger partial charge is 0.388 e. The number of nitro benzene ring substituents is 1. The third kappa shape index (κ3) is 3.25. The van der Waals surface area contributed by atoms with Crippen molar-refractivity contribution in [3.8, 4) is 6.07 Å². The van der Waals surface area contributed by atoms with Crippen molar-refractivity contribution in [1.82, 2.24) is 0 Å². The van der Waals surface area contributed by atoms with E-state index in [-0.39, 0.29) is 11.3 Å². The van der Waals surface area contributed by atoms with E-state index in [2.05, 4.69) is 5.32 Å². The molecule has 106 valence electrons. The molecule has 6 heteroatoms. The molecule has 0 amide bonds. The Kier molecular flexibility index (Phi) is 4.20. The van der Waals surface area contributed by atoms with E-state index in [1.165, 1.54) is 18.2 Å². The quantitative estimate of drug-likeness (QED) is 0.650. The van der Waals surface area contributed by atoms with Gasteiger partial charge in [0.1, 0.15) is 6.07 Å². The average Bonchev–Trinajstić information content (AvgIpc) is 2.45. The van der Waals surface area contributed by atoms with E-state index in [0.29, 0.717) is 12.2 Å². The van der Waals surface area contributed by atoms with Crippen LogP contribution in [0.25, 0.3) is 0 Å². The number of aliphatic hydroxyl groups is 1. The zero-order valence-electron chi connectivity index (χ0n) is 11.1. The first-order chi connectivity index (χ1) is 9.54. The van der Waals surface area contributed by atoms with Crippen LogP contribution < -0.4 is 5.32 Å². The van der Waals surface area contributed by atoms with Crippen LogP contribution in [0.2, 0.25) is 0 Å². The molecule has 0 aliphatic heterocycles. The van der Waals surface area contributed by atoms with Gasteiger partial charge in [-0.3, -0.25) is 10.1 Å². The van der Waals surface area contributed by atoms with Crippen molar-refractivity contribution in [2.75, 3.05) is 11.9 Å². The number of benzene rings is 1. The Labute approximate surface area is 117 Å². The van der Waals surface area contributed by atoms with Gasteiger partial charge < -0.3 is 10.4 Å². The Morgan fingerprint density at radius 3 is 2.70 bits per heavy atom. The van der Waals surface area contributed by atoms with Crippen LogP contribution >= 0.6 is 0 Å². The Bertz CT molecular complexity index is 545. The lowest BCUT2D eigenvalue weighted by Crippen LogP contribution is -2.38. The van der Waals surface area contributed by atoms with Gasteiger partial charge in [-0.15, -0.1) is 0 Å². The first-order valence-corrected chi connectivity index (χ1v) is 6.69. The number of nitro groups is 1. The van der Waals surface area contributed by atoms with Crippen LogP contribution in [-0.2, 0) is 0 Å². The highest BCUT2D eigenvalue weighted by Gasteiger charge is 2.29. The molecule has 0 radical (unpaired) electrons. The molecule has 0 atom stereocenters. The van der Waals surface area contributed by atoms with Gasteiger partial charge in [0.2, 0.25) is 0 Å². The fourth-order valence-electron chi connectivity index (χ4n) is 2.54. The normalized spacial score (nSPS) is 17.2. The lowest BCUT2D eigenvalue weighted by Gasteiger charge is -2.32. The van der Waals surface area contributed by atoms with E-state index in [4.69, 9.17) is 5.26 Å². The zero-order chi connectivity index (χ0) is 14.6. The molecule has 20 heavy (non-hydrogen) atoms. The highest BCUT2D eigenvalue weighted by atomic mass is 16.6. The molecular formula is C14H17N3O3. The molecule has 1 saturated carbocycles. The van der Waals surface area contributed by atoms with Crippen molar-refractivity contribution >= 4 is 11.4 Å². The van der Waals surface area contributed by atoms with Crippen molar-refractivity contribution in [1.29, 1.82) is 5.26 Å². The number of nitrogens with one attached hydrogen (secondary N) is 1. The van der Waals surface area contributed by atoms with Crippen molar-refractivity contribution in [3.05, 3.63) is 33.9 Å². The van der Waals surface area contributed by atoms with E-state index in [9.17, 15) is 15.2 Å². The summed E-state index contributed by atoms with van der Waals surface area (Å²) in [5.74, 6) is 0. The van der Waals surface area contributed by atoms with Gasteiger partial charge in [0.15, 0.2) is 0 Å². The predicted molar refractivity (Wildman–Crippen MR) is 74.3 cm³/mol. The van der Waals surface area contributed by atoms with Gasteiger partial charge in [0.05, 0.1) is 21.8 Å². The summed E-state index contributed by atoms with van der Waals surface area (Å²) in [6.45, 7) is 0.361. The molecule has 1 aliphatic carbocycles. The number of nitrogens with zero attached hydrogens (tertiary/aromatic N) is 2. The van der Waals surface area contributed by atoms with Gasteiger partial charge in [-0.2, -0.15) is 5.26 Å². The van der Waals surface area contributed by atoms with Crippen LogP contribution in [0.3, 0.4) is 0 Å².